The summed E-state index contributed by atoms with van der Waals surface area (Å²) in [6.45, 7) is 9.71. The fraction of sp³-hybridized carbons (Fsp3) is 0.364. The molecule has 164 valence electrons. The van der Waals surface area contributed by atoms with Crippen molar-refractivity contribution >= 4 is 45.3 Å². The Labute approximate surface area is 189 Å². The molecule has 0 saturated heterocycles. The molecule has 3 amide bonds. The van der Waals surface area contributed by atoms with Crippen LogP contribution in [0.4, 0.5) is 4.79 Å². The first kappa shape index (κ1) is 23.0. The first-order chi connectivity index (χ1) is 14.6. The number of imide groups is 1. The van der Waals surface area contributed by atoms with E-state index in [0.717, 1.165) is 34.2 Å². The SMILES string of the molecule is CCc1c(C)sc2nc(SC(C(=O)NC(N)=O)C(C)C)n(-c3cccc(C)c3)c(=O)c12. The summed E-state index contributed by atoms with van der Waals surface area (Å²) in [5.41, 5.74) is 7.68. The number of rotatable bonds is 6. The second kappa shape index (κ2) is 9.23. The van der Waals surface area contributed by atoms with Crippen LogP contribution in [0.5, 0.6) is 0 Å². The Morgan fingerprint density at radius 3 is 2.58 bits per heavy atom. The molecule has 0 fully saturated rings. The molecule has 0 aliphatic heterocycles. The minimum Gasteiger partial charge on any atom is -0.351 e. The van der Waals surface area contributed by atoms with E-state index in [9.17, 15) is 14.4 Å². The number of nitrogens with two attached hydrogens (primary N) is 1. The van der Waals surface area contributed by atoms with Crippen molar-refractivity contribution in [3.63, 3.8) is 0 Å². The maximum Gasteiger partial charge on any atom is 0.318 e. The molecule has 1 atom stereocenters. The summed E-state index contributed by atoms with van der Waals surface area (Å²) in [7, 11) is 0. The molecule has 3 N–H and O–H groups in total. The standard InChI is InChI=1S/C22H26N4O3S2/c1-6-15-13(5)30-19-16(15)20(28)26(14-9-7-8-12(4)10-14)22(25-19)31-17(11(2)3)18(27)24-21(23)29/h7-11,17H,6H2,1-5H3,(H3,23,24,27,29). The van der Waals surface area contributed by atoms with Crippen LogP contribution in [-0.4, -0.2) is 26.7 Å². The number of carbonyl (C=O) groups is 2. The lowest BCUT2D eigenvalue weighted by molar-refractivity contribution is -0.120. The second-order valence-electron chi connectivity index (χ2n) is 7.68. The molecule has 0 aliphatic carbocycles. The minimum atomic E-state index is -0.905. The number of hydrogen-bond acceptors (Lipinski definition) is 6. The van der Waals surface area contributed by atoms with Gasteiger partial charge in [-0.1, -0.05) is 44.7 Å². The van der Waals surface area contributed by atoms with Crippen molar-refractivity contribution in [1.29, 1.82) is 0 Å². The Bertz CT molecular complexity index is 1210. The molecule has 9 heteroatoms. The summed E-state index contributed by atoms with van der Waals surface area (Å²) in [5, 5.41) is 2.53. The van der Waals surface area contributed by atoms with E-state index in [1.807, 2.05) is 58.9 Å². The van der Waals surface area contributed by atoms with E-state index in [1.165, 1.54) is 11.3 Å². The molecule has 7 nitrogen and oxygen atoms in total. The van der Waals surface area contributed by atoms with Crippen molar-refractivity contribution in [1.82, 2.24) is 14.9 Å². The maximum atomic E-state index is 13.7. The second-order valence-corrected chi connectivity index (χ2v) is 9.99. The van der Waals surface area contributed by atoms with E-state index in [1.54, 1.807) is 4.57 Å². The molecule has 1 aromatic carbocycles. The number of carbonyl (C=O) groups excluding carboxylic acids is 2. The maximum absolute atomic E-state index is 13.7. The Hall–Kier alpha value is -2.65. The molecule has 0 radical (unpaired) electrons. The lowest BCUT2D eigenvalue weighted by Gasteiger charge is -2.20. The number of nitrogens with zero attached hydrogens (tertiary/aromatic N) is 2. The van der Waals surface area contributed by atoms with Crippen LogP contribution in [0.15, 0.2) is 34.2 Å². The molecule has 1 unspecified atom stereocenters. The summed E-state index contributed by atoms with van der Waals surface area (Å²) < 4.78 is 1.57. The molecule has 2 heterocycles. The lowest BCUT2D eigenvalue weighted by atomic mass is 10.1. The molecular weight excluding hydrogens is 432 g/mol. The summed E-state index contributed by atoms with van der Waals surface area (Å²) in [6.07, 6.45) is 0.735. The topological polar surface area (TPSA) is 107 Å². The van der Waals surface area contributed by atoms with E-state index in [2.05, 4.69) is 5.32 Å². The normalized spacial score (nSPS) is 12.3. The van der Waals surface area contributed by atoms with Crippen molar-refractivity contribution < 1.29 is 9.59 Å². The van der Waals surface area contributed by atoms with Crippen LogP contribution in [-0.2, 0) is 11.2 Å². The van der Waals surface area contributed by atoms with Gasteiger partial charge in [0, 0.05) is 4.88 Å². The zero-order valence-corrected chi connectivity index (χ0v) is 19.8. The molecule has 3 aromatic rings. The molecule has 31 heavy (non-hydrogen) atoms. The van der Waals surface area contributed by atoms with Crippen LogP contribution in [0, 0.1) is 19.8 Å². The van der Waals surface area contributed by atoms with E-state index in [0.29, 0.717) is 21.1 Å². The largest absolute Gasteiger partial charge is 0.351 e. The monoisotopic (exact) mass is 458 g/mol. The number of thioether (sulfide) groups is 1. The Balaban J connectivity index is 2.26. The Morgan fingerprint density at radius 2 is 2.00 bits per heavy atom. The number of hydrogen-bond donors (Lipinski definition) is 2. The highest BCUT2D eigenvalue weighted by Gasteiger charge is 2.28. The van der Waals surface area contributed by atoms with Gasteiger partial charge in [-0.2, -0.15) is 0 Å². The quantitative estimate of drug-likeness (QED) is 0.430. The van der Waals surface area contributed by atoms with Gasteiger partial charge < -0.3 is 5.73 Å². The van der Waals surface area contributed by atoms with Crippen molar-refractivity contribution in [2.24, 2.45) is 11.7 Å². The molecule has 3 rings (SSSR count). The third-order valence-electron chi connectivity index (χ3n) is 4.95. The molecule has 0 spiro atoms. The number of fused-ring (bicyclic) bond motifs is 1. The summed E-state index contributed by atoms with van der Waals surface area (Å²) in [5.74, 6) is -0.631. The molecule has 0 aliphatic rings. The van der Waals surface area contributed by atoms with Gasteiger partial charge in [0.15, 0.2) is 5.16 Å². The summed E-state index contributed by atoms with van der Waals surface area (Å²) in [4.78, 5) is 44.1. The molecule has 0 bridgehead atoms. The fourth-order valence-electron chi connectivity index (χ4n) is 3.50. The predicted octanol–water partition coefficient (Wildman–Crippen LogP) is 3.94. The highest BCUT2D eigenvalue weighted by Crippen LogP contribution is 2.33. The van der Waals surface area contributed by atoms with Gasteiger partial charge in [0.1, 0.15) is 4.83 Å². The smallest absolute Gasteiger partial charge is 0.318 e. The minimum absolute atomic E-state index is 0.126. The summed E-state index contributed by atoms with van der Waals surface area (Å²) in [6, 6.07) is 6.70. The van der Waals surface area contributed by atoms with E-state index in [-0.39, 0.29) is 11.5 Å². The molecular formula is C22H26N4O3S2. The van der Waals surface area contributed by atoms with Crippen LogP contribution >= 0.6 is 23.1 Å². The van der Waals surface area contributed by atoms with Crippen LogP contribution in [0.1, 0.15) is 36.8 Å². The number of aromatic nitrogens is 2. The van der Waals surface area contributed by atoms with E-state index < -0.39 is 17.2 Å². The van der Waals surface area contributed by atoms with Gasteiger partial charge in [-0.25, -0.2) is 9.78 Å². The van der Waals surface area contributed by atoms with Gasteiger partial charge in [-0.3, -0.25) is 19.5 Å². The van der Waals surface area contributed by atoms with Gasteiger partial charge >= 0.3 is 6.03 Å². The average Bonchev–Trinajstić information content (AvgIpc) is 3.00. The third-order valence-corrected chi connectivity index (χ3v) is 7.49. The van der Waals surface area contributed by atoms with Gasteiger partial charge in [0.25, 0.3) is 5.56 Å². The van der Waals surface area contributed by atoms with E-state index >= 15 is 0 Å². The number of nitrogens with one attached hydrogen (secondary N) is 1. The Kier molecular flexibility index (Phi) is 6.86. The van der Waals surface area contributed by atoms with Gasteiger partial charge in [-0.05, 0) is 49.4 Å². The van der Waals surface area contributed by atoms with Gasteiger partial charge in [0.2, 0.25) is 5.91 Å². The first-order valence-electron chi connectivity index (χ1n) is 10.0. The van der Waals surface area contributed by atoms with Crippen LogP contribution in [0.3, 0.4) is 0 Å². The Morgan fingerprint density at radius 1 is 1.29 bits per heavy atom. The lowest BCUT2D eigenvalue weighted by Crippen LogP contribution is -2.42. The third kappa shape index (κ3) is 4.67. The zero-order valence-electron chi connectivity index (χ0n) is 18.2. The number of thiophene rings is 1. The average molecular weight is 459 g/mol. The van der Waals surface area contributed by atoms with Crippen LogP contribution in [0.25, 0.3) is 15.9 Å². The summed E-state index contributed by atoms with van der Waals surface area (Å²) >= 11 is 2.65. The highest BCUT2D eigenvalue weighted by atomic mass is 32.2. The fourth-order valence-corrected chi connectivity index (χ4v) is 5.76. The molecule has 0 saturated carbocycles. The van der Waals surface area contributed by atoms with Crippen molar-refractivity contribution in [3.05, 3.63) is 50.6 Å². The van der Waals surface area contributed by atoms with E-state index in [4.69, 9.17) is 10.7 Å². The number of benzene rings is 1. The number of aryl methyl sites for hydroxylation is 3. The van der Waals surface area contributed by atoms with Crippen LogP contribution < -0.4 is 16.6 Å². The zero-order chi connectivity index (χ0) is 22.9. The van der Waals surface area contributed by atoms with Crippen molar-refractivity contribution in [3.8, 4) is 5.69 Å². The highest BCUT2D eigenvalue weighted by molar-refractivity contribution is 8.00. The number of primary amides is 1. The molecule has 2 aromatic heterocycles. The van der Waals surface area contributed by atoms with Crippen LogP contribution in [0.2, 0.25) is 0 Å². The van der Waals surface area contributed by atoms with Crippen molar-refractivity contribution in [2.45, 2.75) is 51.4 Å². The predicted molar refractivity (Wildman–Crippen MR) is 126 cm³/mol. The van der Waals surface area contributed by atoms with Gasteiger partial charge in [-0.15, -0.1) is 11.3 Å². The van der Waals surface area contributed by atoms with Crippen molar-refractivity contribution in [2.75, 3.05) is 0 Å². The first-order valence-corrected chi connectivity index (χ1v) is 11.7. The van der Waals surface area contributed by atoms with Gasteiger partial charge in [0.05, 0.1) is 16.3 Å². The number of urea groups is 1. The number of amides is 3.